The molecule has 1 aromatic heterocycles. The Kier molecular flexibility index (Phi) is 2.95. The molecule has 17 heavy (non-hydrogen) atoms. The first-order chi connectivity index (χ1) is 8.08. The Bertz CT molecular complexity index is 560. The third kappa shape index (κ3) is 2.36. The first-order valence-corrected chi connectivity index (χ1v) is 5.19. The predicted octanol–water partition coefficient (Wildman–Crippen LogP) is 3.29. The van der Waals surface area contributed by atoms with Gasteiger partial charge in [-0.3, -0.25) is 4.79 Å². The van der Waals surface area contributed by atoms with Crippen LogP contribution in [-0.4, -0.2) is 5.91 Å². The summed E-state index contributed by atoms with van der Waals surface area (Å²) in [6, 6.07) is 6.24. The van der Waals surface area contributed by atoms with Gasteiger partial charge in [0.2, 0.25) is 0 Å². The van der Waals surface area contributed by atoms with E-state index in [1.807, 2.05) is 0 Å². The van der Waals surface area contributed by atoms with Gasteiger partial charge in [0, 0.05) is 11.3 Å². The van der Waals surface area contributed by atoms with E-state index in [1.165, 1.54) is 12.3 Å². The summed E-state index contributed by atoms with van der Waals surface area (Å²) in [7, 11) is 0. The molecule has 0 aliphatic carbocycles. The molecular weight excluding hydrogens is 221 g/mol. The van der Waals surface area contributed by atoms with Crippen LogP contribution in [0.3, 0.4) is 0 Å². The van der Waals surface area contributed by atoms with Gasteiger partial charge in [0.05, 0.1) is 6.26 Å². The van der Waals surface area contributed by atoms with E-state index in [1.54, 1.807) is 32.0 Å². The van der Waals surface area contributed by atoms with E-state index in [0.29, 0.717) is 11.3 Å². The Morgan fingerprint density at radius 2 is 2.00 bits per heavy atom. The highest BCUT2D eigenvalue weighted by atomic mass is 19.1. The summed E-state index contributed by atoms with van der Waals surface area (Å²) in [6.07, 6.45) is 1.44. The Morgan fingerprint density at radius 1 is 1.24 bits per heavy atom. The first-order valence-electron chi connectivity index (χ1n) is 5.19. The zero-order valence-electron chi connectivity index (χ0n) is 9.58. The van der Waals surface area contributed by atoms with Crippen LogP contribution >= 0.6 is 0 Å². The van der Waals surface area contributed by atoms with Gasteiger partial charge < -0.3 is 9.73 Å². The number of anilines is 1. The summed E-state index contributed by atoms with van der Waals surface area (Å²) in [4.78, 5) is 11.8. The maximum absolute atomic E-state index is 13.3. The molecule has 0 radical (unpaired) electrons. The van der Waals surface area contributed by atoms with Crippen molar-refractivity contribution >= 4 is 11.6 Å². The lowest BCUT2D eigenvalue weighted by Crippen LogP contribution is -2.12. The van der Waals surface area contributed by atoms with E-state index >= 15 is 0 Å². The molecule has 4 heteroatoms. The SMILES string of the molecule is Cc1ccc(NC(=O)c2occc2C)cc1F. The van der Waals surface area contributed by atoms with Gasteiger partial charge in [0.25, 0.3) is 5.91 Å². The molecule has 0 aliphatic heterocycles. The number of carbonyl (C=O) groups is 1. The van der Waals surface area contributed by atoms with Crippen molar-refractivity contribution in [2.24, 2.45) is 0 Å². The van der Waals surface area contributed by atoms with Crippen LogP contribution in [0.25, 0.3) is 0 Å². The third-order valence-electron chi connectivity index (χ3n) is 2.50. The van der Waals surface area contributed by atoms with Crippen LogP contribution in [0.2, 0.25) is 0 Å². The largest absolute Gasteiger partial charge is 0.459 e. The molecule has 0 atom stereocenters. The summed E-state index contributed by atoms with van der Waals surface area (Å²) in [6.45, 7) is 3.44. The van der Waals surface area contributed by atoms with Crippen molar-refractivity contribution in [1.29, 1.82) is 0 Å². The van der Waals surface area contributed by atoms with Crippen LogP contribution in [-0.2, 0) is 0 Å². The predicted molar refractivity (Wildman–Crippen MR) is 62.5 cm³/mol. The molecule has 88 valence electrons. The highest BCUT2D eigenvalue weighted by Crippen LogP contribution is 2.16. The number of carbonyl (C=O) groups excluding carboxylic acids is 1. The van der Waals surface area contributed by atoms with Crippen molar-refractivity contribution < 1.29 is 13.6 Å². The zero-order valence-corrected chi connectivity index (χ0v) is 9.58. The average Bonchev–Trinajstić information content (AvgIpc) is 2.70. The van der Waals surface area contributed by atoms with Gasteiger partial charge in [-0.25, -0.2) is 4.39 Å². The summed E-state index contributed by atoms with van der Waals surface area (Å²) in [5, 5.41) is 2.58. The minimum Gasteiger partial charge on any atom is -0.459 e. The molecule has 0 bridgehead atoms. The third-order valence-corrected chi connectivity index (χ3v) is 2.50. The fraction of sp³-hybridized carbons (Fsp3) is 0.154. The maximum Gasteiger partial charge on any atom is 0.291 e. The second-order valence-electron chi connectivity index (χ2n) is 3.85. The molecule has 2 aromatic rings. The molecule has 1 aromatic carbocycles. The quantitative estimate of drug-likeness (QED) is 0.864. The molecule has 1 N–H and O–H groups in total. The molecule has 1 amide bonds. The summed E-state index contributed by atoms with van der Waals surface area (Å²) in [5.74, 6) is -0.485. The second kappa shape index (κ2) is 4.41. The van der Waals surface area contributed by atoms with Crippen molar-refractivity contribution in [3.8, 4) is 0 Å². The van der Waals surface area contributed by atoms with E-state index in [2.05, 4.69) is 5.32 Å². The zero-order chi connectivity index (χ0) is 12.4. The Hall–Kier alpha value is -2.10. The fourth-order valence-corrected chi connectivity index (χ4v) is 1.46. The number of amides is 1. The summed E-state index contributed by atoms with van der Waals surface area (Å²) >= 11 is 0. The molecule has 0 saturated heterocycles. The average molecular weight is 233 g/mol. The highest BCUT2D eigenvalue weighted by molar-refractivity contribution is 6.03. The molecule has 0 spiro atoms. The number of halogens is 1. The van der Waals surface area contributed by atoms with E-state index in [-0.39, 0.29) is 17.5 Å². The Labute approximate surface area is 98.3 Å². The van der Waals surface area contributed by atoms with Crippen LogP contribution in [0.15, 0.2) is 34.9 Å². The van der Waals surface area contributed by atoms with Crippen LogP contribution < -0.4 is 5.32 Å². The lowest BCUT2D eigenvalue weighted by molar-refractivity contribution is 0.0996. The molecule has 0 aliphatic rings. The van der Waals surface area contributed by atoms with Gasteiger partial charge in [-0.05, 0) is 37.6 Å². The number of aryl methyl sites for hydroxylation is 2. The molecule has 3 nitrogen and oxygen atoms in total. The van der Waals surface area contributed by atoms with Crippen molar-refractivity contribution in [2.75, 3.05) is 5.32 Å². The van der Waals surface area contributed by atoms with E-state index in [0.717, 1.165) is 5.56 Å². The van der Waals surface area contributed by atoms with Crippen molar-refractivity contribution in [2.45, 2.75) is 13.8 Å². The highest BCUT2D eigenvalue weighted by Gasteiger charge is 2.13. The number of furan rings is 1. The second-order valence-corrected chi connectivity index (χ2v) is 3.85. The van der Waals surface area contributed by atoms with E-state index in [9.17, 15) is 9.18 Å². The van der Waals surface area contributed by atoms with Crippen LogP contribution in [0.1, 0.15) is 21.7 Å². The van der Waals surface area contributed by atoms with Crippen molar-refractivity contribution in [3.05, 3.63) is 53.2 Å². The minimum absolute atomic E-state index is 0.242. The molecular formula is C13H12FNO2. The van der Waals surface area contributed by atoms with Gasteiger partial charge in [-0.2, -0.15) is 0 Å². The number of hydrogen-bond acceptors (Lipinski definition) is 2. The van der Waals surface area contributed by atoms with Gasteiger partial charge in [-0.15, -0.1) is 0 Å². The van der Waals surface area contributed by atoms with Crippen molar-refractivity contribution in [1.82, 2.24) is 0 Å². The molecule has 0 unspecified atom stereocenters. The van der Waals surface area contributed by atoms with Gasteiger partial charge in [-0.1, -0.05) is 6.07 Å². The van der Waals surface area contributed by atoms with E-state index in [4.69, 9.17) is 4.42 Å². The normalized spacial score (nSPS) is 10.3. The standard InChI is InChI=1S/C13H12FNO2/c1-8-3-4-10(7-11(8)14)15-13(16)12-9(2)5-6-17-12/h3-7H,1-2H3,(H,15,16). The number of nitrogens with one attached hydrogen (secondary N) is 1. The first kappa shape index (κ1) is 11.4. The Morgan fingerprint density at radius 3 is 2.59 bits per heavy atom. The monoisotopic (exact) mass is 233 g/mol. The fourth-order valence-electron chi connectivity index (χ4n) is 1.46. The van der Waals surface area contributed by atoms with Crippen LogP contribution in [0.5, 0.6) is 0 Å². The topological polar surface area (TPSA) is 42.2 Å². The molecule has 2 rings (SSSR count). The summed E-state index contributed by atoms with van der Waals surface area (Å²) < 4.78 is 18.3. The smallest absolute Gasteiger partial charge is 0.291 e. The van der Waals surface area contributed by atoms with Crippen LogP contribution in [0.4, 0.5) is 10.1 Å². The number of hydrogen-bond donors (Lipinski definition) is 1. The summed E-state index contributed by atoms with van der Waals surface area (Å²) in [5.41, 5.74) is 1.70. The lowest BCUT2D eigenvalue weighted by Gasteiger charge is -2.05. The molecule has 0 fully saturated rings. The van der Waals surface area contributed by atoms with Gasteiger partial charge in [0.15, 0.2) is 5.76 Å². The van der Waals surface area contributed by atoms with Crippen LogP contribution in [0, 0.1) is 19.7 Å². The molecule has 0 saturated carbocycles. The van der Waals surface area contributed by atoms with Gasteiger partial charge in [0.1, 0.15) is 5.82 Å². The number of rotatable bonds is 2. The van der Waals surface area contributed by atoms with Gasteiger partial charge >= 0.3 is 0 Å². The number of benzene rings is 1. The Balaban J connectivity index is 2.19. The van der Waals surface area contributed by atoms with E-state index < -0.39 is 0 Å². The lowest BCUT2D eigenvalue weighted by atomic mass is 10.2. The van der Waals surface area contributed by atoms with Crippen molar-refractivity contribution in [3.63, 3.8) is 0 Å². The minimum atomic E-state index is -0.379. The maximum atomic E-state index is 13.3. The molecule has 1 heterocycles.